The first-order valence-electron chi connectivity index (χ1n) is 6.96. The third-order valence-electron chi connectivity index (χ3n) is 3.35. The molecule has 2 rings (SSSR count). The van der Waals surface area contributed by atoms with E-state index in [9.17, 15) is 4.79 Å². The Balaban J connectivity index is 2.46. The molecular formula is C18H20BrNO. The molecule has 0 saturated heterocycles. The third kappa shape index (κ3) is 3.73. The van der Waals surface area contributed by atoms with Crippen molar-refractivity contribution in [3.8, 4) is 11.1 Å². The van der Waals surface area contributed by atoms with Crippen LogP contribution in [0, 0.1) is 12.3 Å². The summed E-state index contributed by atoms with van der Waals surface area (Å²) in [4.78, 5) is 12.3. The van der Waals surface area contributed by atoms with Crippen LogP contribution in [0.2, 0.25) is 0 Å². The van der Waals surface area contributed by atoms with Gasteiger partial charge in [-0.05, 0) is 30.2 Å². The predicted molar refractivity (Wildman–Crippen MR) is 92.4 cm³/mol. The lowest BCUT2D eigenvalue weighted by molar-refractivity contribution is -0.123. The molecule has 21 heavy (non-hydrogen) atoms. The molecule has 0 aliphatic heterocycles. The third-order valence-corrected chi connectivity index (χ3v) is 3.88. The lowest BCUT2D eigenvalue weighted by atomic mass is 9.94. The number of aryl methyl sites for hydroxylation is 1. The number of halogens is 1. The van der Waals surface area contributed by atoms with E-state index in [-0.39, 0.29) is 5.91 Å². The monoisotopic (exact) mass is 345 g/mol. The van der Waals surface area contributed by atoms with E-state index in [2.05, 4.69) is 21.2 Å². The van der Waals surface area contributed by atoms with Gasteiger partial charge in [0, 0.05) is 15.5 Å². The summed E-state index contributed by atoms with van der Waals surface area (Å²) >= 11 is 3.45. The molecule has 0 radical (unpaired) electrons. The molecule has 110 valence electrons. The molecule has 0 atom stereocenters. The number of carbonyl (C=O) groups is 1. The van der Waals surface area contributed by atoms with E-state index in [1.807, 2.05) is 70.2 Å². The second-order valence-electron chi connectivity index (χ2n) is 6.21. The highest BCUT2D eigenvalue weighted by atomic mass is 79.9. The predicted octanol–water partition coefficient (Wildman–Crippen LogP) is 5.41. The van der Waals surface area contributed by atoms with Crippen LogP contribution in [0.4, 0.5) is 5.69 Å². The van der Waals surface area contributed by atoms with Gasteiger partial charge in [0.05, 0.1) is 5.69 Å². The molecule has 0 aliphatic carbocycles. The van der Waals surface area contributed by atoms with Crippen LogP contribution in [0.25, 0.3) is 11.1 Å². The molecule has 0 fully saturated rings. The van der Waals surface area contributed by atoms with Crippen molar-refractivity contribution in [3.63, 3.8) is 0 Å². The largest absolute Gasteiger partial charge is 0.325 e. The lowest BCUT2D eigenvalue weighted by Gasteiger charge is -2.21. The quantitative estimate of drug-likeness (QED) is 0.774. The summed E-state index contributed by atoms with van der Waals surface area (Å²) in [5.41, 5.74) is 3.66. The highest BCUT2D eigenvalue weighted by Gasteiger charge is 2.22. The van der Waals surface area contributed by atoms with Gasteiger partial charge >= 0.3 is 0 Å². The van der Waals surface area contributed by atoms with E-state index in [1.54, 1.807) is 0 Å². The van der Waals surface area contributed by atoms with Crippen molar-refractivity contribution in [1.82, 2.24) is 0 Å². The maximum atomic E-state index is 12.3. The first-order chi connectivity index (χ1) is 9.79. The minimum Gasteiger partial charge on any atom is -0.325 e. The van der Waals surface area contributed by atoms with Gasteiger partial charge in [0.2, 0.25) is 5.91 Å². The zero-order valence-electron chi connectivity index (χ0n) is 12.8. The number of carbonyl (C=O) groups excluding carboxylic acids is 1. The van der Waals surface area contributed by atoms with Crippen LogP contribution >= 0.6 is 15.9 Å². The summed E-state index contributed by atoms with van der Waals surface area (Å²) < 4.78 is 1.04. The highest BCUT2D eigenvalue weighted by molar-refractivity contribution is 9.10. The highest BCUT2D eigenvalue weighted by Crippen LogP contribution is 2.32. The Morgan fingerprint density at radius 1 is 1.05 bits per heavy atom. The van der Waals surface area contributed by atoms with Crippen molar-refractivity contribution in [1.29, 1.82) is 0 Å². The molecular weight excluding hydrogens is 326 g/mol. The van der Waals surface area contributed by atoms with Gasteiger partial charge in [-0.3, -0.25) is 4.79 Å². The number of amides is 1. The molecule has 0 heterocycles. The fraction of sp³-hybridized carbons (Fsp3) is 0.278. The summed E-state index contributed by atoms with van der Waals surface area (Å²) in [6.07, 6.45) is 0. The SMILES string of the molecule is Cc1cccc(-c2ccc(Br)cc2)c1NC(=O)C(C)(C)C. The Bertz CT molecular complexity index is 654. The number of rotatable bonds is 2. The number of hydrogen-bond donors (Lipinski definition) is 1. The second kappa shape index (κ2) is 6.02. The number of nitrogens with one attached hydrogen (secondary N) is 1. The minimum atomic E-state index is -0.417. The zero-order valence-corrected chi connectivity index (χ0v) is 14.4. The fourth-order valence-electron chi connectivity index (χ4n) is 2.00. The van der Waals surface area contributed by atoms with Crippen molar-refractivity contribution >= 4 is 27.5 Å². The Hall–Kier alpha value is -1.61. The van der Waals surface area contributed by atoms with E-state index >= 15 is 0 Å². The van der Waals surface area contributed by atoms with E-state index in [0.29, 0.717) is 0 Å². The lowest BCUT2D eigenvalue weighted by Crippen LogP contribution is -2.28. The van der Waals surface area contributed by atoms with Crippen LogP contribution in [0.1, 0.15) is 26.3 Å². The molecule has 1 N–H and O–H groups in total. The summed E-state index contributed by atoms with van der Waals surface area (Å²) in [5, 5.41) is 3.08. The summed E-state index contributed by atoms with van der Waals surface area (Å²) in [6, 6.07) is 14.2. The molecule has 0 aromatic heterocycles. The van der Waals surface area contributed by atoms with Crippen LogP contribution in [-0.2, 0) is 4.79 Å². The van der Waals surface area contributed by atoms with Crippen LogP contribution in [0.15, 0.2) is 46.9 Å². The Kier molecular flexibility index (Phi) is 4.52. The molecule has 0 unspecified atom stereocenters. The number of para-hydroxylation sites is 1. The van der Waals surface area contributed by atoms with Gasteiger partial charge in [-0.1, -0.05) is 67.0 Å². The maximum absolute atomic E-state index is 12.3. The standard InChI is InChI=1S/C18H20BrNO/c1-12-6-5-7-15(13-8-10-14(19)11-9-13)16(12)20-17(21)18(2,3)4/h5-11H,1-4H3,(H,20,21). The van der Waals surface area contributed by atoms with Gasteiger partial charge in [-0.15, -0.1) is 0 Å². The van der Waals surface area contributed by atoms with Crippen LogP contribution < -0.4 is 5.32 Å². The van der Waals surface area contributed by atoms with E-state index in [1.165, 1.54) is 0 Å². The van der Waals surface area contributed by atoms with Gasteiger partial charge < -0.3 is 5.32 Å². The summed E-state index contributed by atoms with van der Waals surface area (Å²) in [6.45, 7) is 7.76. The van der Waals surface area contributed by atoms with Crippen molar-refractivity contribution in [2.75, 3.05) is 5.32 Å². The normalized spacial score (nSPS) is 11.3. The Morgan fingerprint density at radius 2 is 1.67 bits per heavy atom. The van der Waals surface area contributed by atoms with Crippen molar-refractivity contribution < 1.29 is 4.79 Å². The van der Waals surface area contributed by atoms with Gasteiger partial charge in [0.25, 0.3) is 0 Å². The maximum Gasteiger partial charge on any atom is 0.229 e. The van der Waals surface area contributed by atoms with Crippen molar-refractivity contribution in [3.05, 3.63) is 52.5 Å². The molecule has 0 saturated carbocycles. The summed E-state index contributed by atoms with van der Waals surface area (Å²) in [5.74, 6) is 0.0233. The molecule has 0 spiro atoms. The number of hydrogen-bond acceptors (Lipinski definition) is 1. The first kappa shape index (κ1) is 15.8. The first-order valence-corrected chi connectivity index (χ1v) is 7.75. The smallest absolute Gasteiger partial charge is 0.229 e. The molecule has 3 heteroatoms. The van der Waals surface area contributed by atoms with Crippen molar-refractivity contribution in [2.45, 2.75) is 27.7 Å². The van der Waals surface area contributed by atoms with E-state index in [4.69, 9.17) is 0 Å². The van der Waals surface area contributed by atoms with E-state index in [0.717, 1.165) is 26.9 Å². The average molecular weight is 346 g/mol. The molecule has 0 bridgehead atoms. The van der Waals surface area contributed by atoms with Crippen LogP contribution in [-0.4, -0.2) is 5.91 Å². The fourth-order valence-corrected chi connectivity index (χ4v) is 2.27. The zero-order chi connectivity index (χ0) is 15.6. The van der Waals surface area contributed by atoms with Gasteiger partial charge in [0.15, 0.2) is 0 Å². The number of anilines is 1. The second-order valence-corrected chi connectivity index (χ2v) is 7.12. The number of benzene rings is 2. The Labute approximate surface area is 134 Å². The van der Waals surface area contributed by atoms with Crippen LogP contribution in [0.5, 0.6) is 0 Å². The van der Waals surface area contributed by atoms with Gasteiger partial charge in [-0.2, -0.15) is 0 Å². The minimum absolute atomic E-state index is 0.0233. The Morgan fingerprint density at radius 3 is 2.24 bits per heavy atom. The molecule has 2 aromatic rings. The average Bonchev–Trinajstić information content (AvgIpc) is 2.41. The van der Waals surface area contributed by atoms with Gasteiger partial charge in [0.1, 0.15) is 0 Å². The van der Waals surface area contributed by atoms with Crippen LogP contribution in [0.3, 0.4) is 0 Å². The van der Waals surface area contributed by atoms with E-state index < -0.39 is 5.41 Å². The molecule has 2 aromatic carbocycles. The molecule has 0 aliphatic rings. The summed E-state index contributed by atoms with van der Waals surface area (Å²) in [7, 11) is 0. The van der Waals surface area contributed by atoms with Crippen molar-refractivity contribution in [2.24, 2.45) is 5.41 Å². The molecule has 1 amide bonds. The topological polar surface area (TPSA) is 29.1 Å². The van der Waals surface area contributed by atoms with Gasteiger partial charge in [-0.25, -0.2) is 0 Å². The molecule has 2 nitrogen and oxygen atoms in total.